The van der Waals surface area contributed by atoms with Crippen molar-refractivity contribution in [2.75, 3.05) is 24.3 Å². The van der Waals surface area contributed by atoms with Crippen molar-refractivity contribution in [3.63, 3.8) is 0 Å². The number of amides is 1. The summed E-state index contributed by atoms with van der Waals surface area (Å²) in [6.45, 7) is 0.599. The Morgan fingerprint density at radius 2 is 1.89 bits per heavy atom. The summed E-state index contributed by atoms with van der Waals surface area (Å²) in [6.07, 6.45) is 2.22. The molecule has 28 heavy (non-hydrogen) atoms. The van der Waals surface area contributed by atoms with Crippen LogP contribution >= 0.6 is 0 Å². The molecule has 0 atom stereocenters. The SMILES string of the molecule is COc1ccccc1CCNc1cc(C(=O)Nc2ccc(F)c(F)c2)ccn1. The molecular formula is C21H19F2N3O2. The highest BCUT2D eigenvalue weighted by Gasteiger charge is 2.10. The van der Waals surface area contributed by atoms with Gasteiger partial charge in [-0.05, 0) is 42.3 Å². The van der Waals surface area contributed by atoms with Gasteiger partial charge in [-0.2, -0.15) is 0 Å². The second-order valence-corrected chi connectivity index (χ2v) is 6.00. The van der Waals surface area contributed by atoms with E-state index < -0.39 is 17.5 Å². The zero-order valence-electron chi connectivity index (χ0n) is 15.2. The van der Waals surface area contributed by atoms with Crippen LogP contribution in [0.25, 0.3) is 0 Å². The summed E-state index contributed by atoms with van der Waals surface area (Å²) in [7, 11) is 1.63. The minimum Gasteiger partial charge on any atom is -0.496 e. The summed E-state index contributed by atoms with van der Waals surface area (Å²) in [5.74, 6) is -1.08. The van der Waals surface area contributed by atoms with E-state index in [1.54, 1.807) is 19.2 Å². The molecule has 7 heteroatoms. The largest absolute Gasteiger partial charge is 0.496 e. The number of para-hydroxylation sites is 1. The molecule has 0 bridgehead atoms. The van der Waals surface area contributed by atoms with E-state index in [-0.39, 0.29) is 5.69 Å². The van der Waals surface area contributed by atoms with Gasteiger partial charge in [-0.1, -0.05) is 18.2 Å². The number of ether oxygens (including phenoxy) is 1. The molecule has 0 aliphatic rings. The van der Waals surface area contributed by atoms with Gasteiger partial charge in [0.15, 0.2) is 11.6 Å². The summed E-state index contributed by atoms with van der Waals surface area (Å²) in [5, 5.41) is 5.70. The average molecular weight is 383 g/mol. The number of aromatic nitrogens is 1. The molecule has 5 nitrogen and oxygen atoms in total. The zero-order valence-corrected chi connectivity index (χ0v) is 15.2. The van der Waals surface area contributed by atoms with E-state index in [0.717, 1.165) is 29.9 Å². The van der Waals surface area contributed by atoms with E-state index >= 15 is 0 Å². The number of hydrogen-bond acceptors (Lipinski definition) is 4. The van der Waals surface area contributed by atoms with Crippen LogP contribution in [-0.2, 0) is 6.42 Å². The van der Waals surface area contributed by atoms with Crippen LogP contribution in [0.2, 0.25) is 0 Å². The molecule has 0 spiro atoms. The van der Waals surface area contributed by atoms with Gasteiger partial charge < -0.3 is 15.4 Å². The first kappa shape index (κ1) is 19.3. The molecule has 0 aliphatic carbocycles. The van der Waals surface area contributed by atoms with Crippen molar-refractivity contribution < 1.29 is 18.3 Å². The molecule has 0 fully saturated rings. The quantitative estimate of drug-likeness (QED) is 0.639. The summed E-state index contributed by atoms with van der Waals surface area (Å²) >= 11 is 0. The number of carbonyl (C=O) groups is 1. The maximum atomic E-state index is 13.3. The Morgan fingerprint density at radius 1 is 1.07 bits per heavy atom. The lowest BCUT2D eigenvalue weighted by molar-refractivity contribution is 0.102. The minimum absolute atomic E-state index is 0.173. The Balaban J connectivity index is 1.61. The number of halogens is 2. The summed E-state index contributed by atoms with van der Waals surface area (Å²) in [5.41, 5.74) is 1.58. The molecule has 0 unspecified atom stereocenters. The van der Waals surface area contributed by atoms with E-state index in [1.165, 1.54) is 12.3 Å². The van der Waals surface area contributed by atoms with E-state index in [2.05, 4.69) is 15.6 Å². The predicted molar refractivity (Wildman–Crippen MR) is 104 cm³/mol. The van der Waals surface area contributed by atoms with Gasteiger partial charge in [0.1, 0.15) is 11.6 Å². The number of pyridine rings is 1. The van der Waals surface area contributed by atoms with E-state index in [9.17, 15) is 13.6 Å². The van der Waals surface area contributed by atoms with Crippen LogP contribution in [0.15, 0.2) is 60.8 Å². The molecule has 0 aliphatic heterocycles. The van der Waals surface area contributed by atoms with Crippen LogP contribution in [-0.4, -0.2) is 24.5 Å². The van der Waals surface area contributed by atoms with E-state index in [1.807, 2.05) is 24.3 Å². The van der Waals surface area contributed by atoms with Crippen LogP contribution in [0.3, 0.4) is 0 Å². The average Bonchev–Trinajstić information content (AvgIpc) is 2.71. The highest BCUT2D eigenvalue weighted by molar-refractivity contribution is 6.04. The first-order valence-electron chi connectivity index (χ1n) is 8.65. The van der Waals surface area contributed by atoms with Gasteiger partial charge in [-0.25, -0.2) is 13.8 Å². The number of benzene rings is 2. The second-order valence-electron chi connectivity index (χ2n) is 6.00. The van der Waals surface area contributed by atoms with Crippen molar-refractivity contribution >= 4 is 17.4 Å². The molecule has 2 N–H and O–H groups in total. The maximum Gasteiger partial charge on any atom is 0.255 e. The third-order valence-corrected chi connectivity index (χ3v) is 4.09. The monoisotopic (exact) mass is 383 g/mol. The maximum absolute atomic E-state index is 13.3. The highest BCUT2D eigenvalue weighted by atomic mass is 19.2. The van der Waals surface area contributed by atoms with Crippen molar-refractivity contribution in [3.05, 3.63) is 83.6 Å². The van der Waals surface area contributed by atoms with Gasteiger partial charge in [0.25, 0.3) is 5.91 Å². The Labute approximate surface area is 161 Å². The molecule has 3 rings (SSSR count). The Bertz CT molecular complexity index is 979. The lowest BCUT2D eigenvalue weighted by atomic mass is 10.1. The fourth-order valence-corrected chi connectivity index (χ4v) is 2.68. The third kappa shape index (κ3) is 4.82. The molecule has 1 aromatic heterocycles. The van der Waals surface area contributed by atoms with Crippen LogP contribution < -0.4 is 15.4 Å². The van der Waals surface area contributed by atoms with Crippen LogP contribution in [0, 0.1) is 11.6 Å². The van der Waals surface area contributed by atoms with Crippen molar-refractivity contribution in [1.29, 1.82) is 0 Å². The Morgan fingerprint density at radius 3 is 2.68 bits per heavy atom. The van der Waals surface area contributed by atoms with Crippen molar-refractivity contribution in [2.24, 2.45) is 0 Å². The Hall–Kier alpha value is -3.48. The van der Waals surface area contributed by atoms with Crippen LogP contribution in [0.1, 0.15) is 15.9 Å². The van der Waals surface area contributed by atoms with E-state index in [4.69, 9.17) is 4.74 Å². The van der Waals surface area contributed by atoms with E-state index in [0.29, 0.717) is 17.9 Å². The zero-order chi connectivity index (χ0) is 19.9. The van der Waals surface area contributed by atoms with Gasteiger partial charge in [0.2, 0.25) is 0 Å². The number of nitrogens with zero attached hydrogens (tertiary/aromatic N) is 1. The summed E-state index contributed by atoms with van der Waals surface area (Å²) in [4.78, 5) is 16.5. The van der Waals surface area contributed by atoms with Crippen LogP contribution in [0.5, 0.6) is 5.75 Å². The number of nitrogens with one attached hydrogen (secondary N) is 2. The summed E-state index contributed by atoms with van der Waals surface area (Å²) < 4.78 is 31.6. The minimum atomic E-state index is -1.02. The number of anilines is 2. The molecular weight excluding hydrogens is 364 g/mol. The topological polar surface area (TPSA) is 63.2 Å². The van der Waals surface area contributed by atoms with Crippen molar-refractivity contribution in [2.45, 2.75) is 6.42 Å². The van der Waals surface area contributed by atoms with Gasteiger partial charge in [0, 0.05) is 30.1 Å². The fourth-order valence-electron chi connectivity index (χ4n) is 2.68. The molecule has 2 aromatic carbocycles. The predicted octanol–water partition coefficient (Wildman–Crippen LogP) is 4.28. The number of hydrogen-bond donors (Lipinski definition) is 2. The first-order chi connectivity index (χ1) is 13.6. The highest BCUT2D eigenvalue weighted by Crippen LogP contribution is 2.18. The third-order valence-electron chi connectivity index (χ3n) is 4.09. The fraction of sp³-hybridized carbons (Fsp3) is 0.143. The smallest absolute Gasteiger partial charge is 0.255 e. The number of carbonyl (C=O) groups excluding carboxylic acids is 1. The standard InChI is InChI=1S/C21H19F2N3O2/c1-28-19-5-3-2-4-14(19)8-10-24-20-12-15(9-11-25-20)21(27)26-16-6-7-17(22)18(23)13-16/h2-7,9,11-13H,8,10H2,1H3,(H,24,25)(H,26,27). The van der Waals surface area contributed by atoms with Gasteiger partial charge in [-0.15, -0.1) is 0 Å². The normalized spacial score (nSPS) is 10.4. The lowest BCUT2D eigenvalue weighted by Crippen LogP contribution is -2.13. The summed E-state index contributed by atoms with van der Waals surface area (Å²) in [6, 6.07) is 14.1. The van der Waals surface area contributed by atoms with Gasteiger partial charge in [-0.3, -0.25) is 4.79 Å². The first-order valence-corrected chi connectivity index (χ1v) is 8.65. The van der Waals surface area contributed by atoms with Crippen LogP contribution in [0.4, 0.5) is 20.3 Å². The number of methoxy groups -OCH3 is 1. The molecule has 144 valence electrons. The van der Waals surface area contributed by atoms with Crippen molar-refractivity contribution in [3.8, 4) is 5.75 Å². The number of rotatable bonds is 7. The molecule has 3 aromatic rings. The second kappa shape index (κ2) is 8.94. The molecule has 1 heterocycles. The Kier molecular flexibility index (Phi) is 6.16. The van der Waals surface area contributed by atoms with Gasteiger partial charge >= 0.3 is 0 Å². The molecule has 0 saturated heterocycles. The lowest BCUT2D eigenvalue weighted by Gasteiger charge is -2.10. The molecule has 1 amide bonds. The molecule has 0 radical (unpaired) electrons. The molecule has 0 saturated carbocycles. The van der Waals surface area contributed by atoms with Crippen molar-refractivity contribution in [1.82, 2.24) is 4.98 Å². The van der Waals surface area contributed by atoms with Gasteiger partial charge in [0.05, 0.1) is 7.11 Å².